The van der Waals surface area contributed by atoms with Gasteiger partial charge >= 0.3 is 0 Å². The minimum atomic E-state index is -0.352. The highest BCUT2D eigenvalue weighted by atomic mass is 32.2. The van der Waals surface area contributed by atoms with Crippen LogP contribution in [-0.2, 0) is 9.59 Å². The van der Waals surface area contributed by atoms with Crippen molar-refractivity contribution in [2.45, 2.75) is 19.1 Å². The smallest absolute Gasteiger partial charge is 0.156 e. The first kappa shape index (κ1) is 7.79. The van der Waals surface area contributed by atoms with Gasteiger partial charge in [0.1, 0.15) is 11.0 Å². The first-order valence-electron chi connectivity index (χ1n) is 3.28. The molecule has 1 aliphatic rings. The summed E-state index contributed by atoms with van der Waals surface area (Å²) >= 11 is 1.47. The number of ketones is 2. The Morgan fingerprint density at radius 3 is 2.50 bits per heavy atom. The third-order valence-electron chi connectivity index (χ3n) is 1.63. The van der Waals surface area contributed by atoms with Crippen LogP contribution in [-0.4, -0.2) is 22.6 Å². The molecule has 0 bridgehead atoms. The maximum Gasteiger partial charge on any atom is 0.156 e. The second kappa shape index (κ2) is 2.74. The number of carbonyl (C=O) groups excluding carboxylic acids is 2. The molecule has 0 aromatic rings. The molecule has 0 spiro atoms. The van der Waals surface area contributed by atoms with Gasteiger partial charge in [-0.05, 0) is 6.92 Å². The number of Topliss-reactive ketones (excluding diaryl/α,β-unsaturated/α-hetero) is 2. The van der Waals surface area contributed by atoms with Crippen LogP contribution in [0.25, 0.3) is 0 Å². The predicted octanol–water partition coefficient (Wildman–Crippen LogP) is 0.896. The number of rotatable bonds is 1. The Bertz CT molecular complexity index is 176. The summed E-state index contributed by atoms with van der Waals surface area (Å²) in [5.74, 6) is 0.999. The second-order valence-corrected chi connectivity index (χ2v) is 3.77. The second-order valence-electron chi connectivity index (χ2n) is 2.63. The maximum atomic E-state index is 11.1. The highest BCUT2D eigenvalue weighted by molar-refractivity contribution is 8.01. The molecule has 0 unspecified atom stereocenters. The fraction of sp³-hybridized carbons (Fsp3) is 0.714. The average molecular weight is 158 g/mol. The van der Waals surface area contributed by atoms with Gasteiger partial charge in [0.15, 0.2) is 5.78 Å². The molecule has 0 N–H and O–H groups in total. The Hall–Kier alpha value is -0.310. The predicted molar refractivity (Wildman–Crippen MR) is 41.1 cm³/mol. The number of hydrogen-bond acceptors (Lipinski definition) is 3. The Morgan fingerprint density at radius 2 is 2.30 bits per heavy atom. The van der Waals surface area contributed by atoms with E-state index in [0.29, 0.717) is 0 Å². The average Bonchev–Trinajstić information content (AvgIpc) is 2.14. The van der Waals surface area contributed by atoms with Gasteiger partial charge in [-0.15, -0.1) is 11.8 Å². The van der Waals surface area contributed by atoms with Crippen LogP contribution in [0.1, 0.15) is 13.8 Å². The van der Waals surface area contributed by atoms with Gasteiger partial charge in [-0.1, -0.05) is 6.92 Å². The van der Waals surface area contributed by atoms with Crippen LogP contribution in [0.3, 0.4) is 0 Å². The Labute approximate surface area is 64.4 Å². The lowest BCUT2D eigenvalue weighted by Gasteiger charge is -2.00. The van der Waals surface area contributed by atoms with Crippen LogP contribution in [0, 0.1) is 5.92 Å². The minimum absolute atomic E-state index is 0.000602. The molecule has 0 aliphatic carbocycles. The van der Waals surface area contributed by atoms with E-state index >= 15 is 0 Å². The zero-order valence-corrected chi connectivity index (χ0v) is 6.90. The van der Waals surface area contributed by atoms with Crippen molar-refractivity contribution in [2.24, 2.45) is 5.92 Å². The molecule has 1 heterocycles. The maximum absolute atomic E-state index is 11.1. The van der Waals surface area contributed by atoms with E-state index in [0.717, 1.165) is 5.75 Å². The van der Waals surface area contributed by atoms with Crippen LogP contribution in [0.2, 0.25) is 0 Å². The zero-order chi connectivity index (χ0) is 7.72. The van der Waals surface area contributed by atoms with Crippen molar-refractivity contribution < 1.29 is 9.59 Å². The molecule has 1 aliphatic heterocycles. The van der Waals surface area contributed by atoms with Crippen molar-refractivity contribution in [3.8, 4) is 0 Å². The lowest BCUT2D eigenvalue weighted by Crippen LogP contribution is -2.22. The van der Waals surface area contributed by atoms with Crippen molar-refractivity contribution >= 4 is 23.3 Å². The quantitative estimate of drug-likeness (QED) is 0.532. The van der Waals surface area contributed by atoms with E-state index in [1.807, 2.05) is 6.92 Å². The molecule has 0 amide bonds. The van der Waals surface area contributed by atoms with Gasteiger partial charge in [0, 0.05) is 11.7 Å². The standard InChI is InChI=1S/C7H10O2S/c1-4-3-10-7(5(2)8)6(4)9/h4,7H,3H2,1-2H3/t4-,7+/m0/s1. The lowest BCUT2D eigenvalue weighted by molar-refractivity contribution is -0.126. The van der Waals surface area contributed by atoms with Crippen molar-refractivity contribution in [1.29, 1.82) is 0 Å². The normalized spacial score (nSPS) is 32.8. The summed E-state index contributed by atoms with van der Waals surface area (Å²) in [6, 6.07) is 0. The minimum Gasteiger partial charge on any atom is -0.298 e. The number of hydrogen-bond donors (Lipinski definition) is 0. The fourth-order valence-corrected chi connectivity index (χ4v) is 2.26. The molecule has 3 heteroatoms. The van der Waals surface area contributed by atoms with Crippen LogP contribution in [0.5, 0.6) is 0 Å². The van der Waals surface area contributed by atoms with Crippen molar-refractivity contribution in [3.63, 3.8) is 0 Å². The van der Waals surface area contributed by atoms with Crippen molar-refractivity contribution in [2.75, 3.05) is 5.75 Å². The summed E-state index contributed by atoms with van der Waals surface area (Å²) in [6.45, 7) is 3.35. The van der Waals surface area contributed by atoms with E-state index in [1.165, 1.54) is 18.7 Å². The van der Waals surface area contributed by atoms with Gasteiger partial charge in [0.25, 0.3) is 0 Å². The summed E-state index contributed by atoms with van der Waals surface area (Å²) in [5.41, 5.74) is 0. The highest BCUT2D eigenvalue weighted by Gasteiger charge is 2.34. The molecule has 1 saturated heterocycles. The third-order valence-corrected chi connectivity index (χ3v) is 3.22. The first-order valence-corrected chi connectivity index (χ1v) is 4.33. The van der Waals surface area contributed by atoms with Crippen LogP contribution < -0.4 is 0 Å². The largest absolute Gasteiger partial charge is 0.298 e. The SMILES string of the molecule is CC(=O)[C@H]1SC[C@H](C)C1=O. The Balaban J connectivity index is 2.66. The molecule has 2 atom stereocenters. The summed E-state index contributed by atoms with van der Waals surface area (Å²) in [4.78, 5) is 21.9. The van der Waals surface area contributed by atoms with E-state index < -0.39 is 0 Å². The monoisotopic (exact) mass is 158 g/mol. The highest BCUT2D eigenvalue weighted by Crippen LogP contribution is 2.27. The van der Waals surface area contributed by atoms with Crippen LogP contribution in [0.15, 0.2) is 0 Å². The van der Waals surface area contributed by atoms with Crippen LogP contribution in [0.4, 0.5) is 0 Å². The topological polar surface area (TPSA) is 34.1 Å². The van der Waals surface area contributed by atoms with Gasteiger partial charge in [0.2, 0.25) is 0 Å². The van der Waals surface area contributed by atoms with Gasteiger partial charge in [0.05, 0.1) is 0 Å². The first-order chi connectivity index (χ1) is 4.63. The summed E-state index contributed by atoms with van der Waals surface area (Å²) < 4.78 is 0. The molecule has 0 radical (unpaired) electrons. The zero-order valence-electron chi connectivity index (χ0n) is 6.09. The van der Waals surface area contributed by atoms with E-state index in [2.05, 4.69) is 0 Å². The molecule has 56 valence electrons. The van der Waals surface area contributed by atoms with Gasteiger partial charge < -0.3 is 0 Å². The number of thioether (sulfide) groups is 1. The van der Waals surface area contributed by atoms with E-state index in [-0.39, 0.29) is 22.7 Å². The lowest BCUT2D eigenvalue weighted by atomic mass is 10.1. The molecule has 1 rings (SSSR count). The van der Waals surface area contributed by atoms with Crippen LogP contribution >= 0.6 is 11.8 Å². The number of carbonyl (C=O) groups is 2. The fourth-order valence-electron chi connectivity index (χ4n) is 0.981. The van der Waals surface area contributed by atoms with Crippen molar-refractivity contribution in [3.05, 3.63) is 0 Å². The molecule has 1 fully saturated rings. The Kier molecular flexibility index (Phi) is 2.14. The molecular formula is C7H10O2S. The van der Waals surface area contributed by atoms with Gasteiger partial charge in [-0.3, -0.25) is 9.59 Å². The van der Waals surface area contributed by atoms with E-state index in [4.69, 9.17) is 0 Å². The summed E-state index contributed by atoms with van der Waals surface area (Å²) in [5, 5.41) is -0.352. The molecule has 10 heavy (non-hydrogen) atoms. The Morgan fingerprint density at radius 1 is 1.70 bits per heavy atom. The van der Waals surface area contributed by atoms with Crippen molar-refractivity contribution in [1.82, 2.24) is 0 Å². The third kappa shape index (κ3) is 1.24. The van der Waals surface area contributed by atoms with E-state index in [9.17, 15) is 9.59 Å². The summed E-state index contributed by atoms with van der Waals surface area (Å²) in [6.07, 6.45) is 0. The molecule has 2 nitrogen and oxygen atoms in total. The molecule has 0 aromatic heterocycles. The van der Waals surface area contributed by atoms with Gasteiger partial charge in [-0.25, -0.2) is 0 Å². The van der Waals surface area contributed by atoms with E-state index in [1.54, 1.807) is 0 Å². The molecule has 0 saturated carbocycles. The van der Waals surface area contributed by atoms with Gasteiger partial charge in [-0.2, -0.15) is 0 Å². The molecular weight excluding hydrogens is 148 g/mol. The summed E-state index contributed by atoms with van der Waals surface area (Å²) in [7, 11) is 0. The molecule has 0 aromatic carbocycles.